The molecule has 31 heavy (non-hydrogen) atoms. The van der Waals surface area contributed by atoms with E-state index in [1.54, 1.807) is 6.07 Å². The fourth-order valence-corrected chi connectivity index (χ4v) is 3.77. The summed E-state index contributed by atoms with van der Waals surface area (Å²) in [5.74, 6) is -3.32. The van der Waals surface area contributed by atoms with Crippen molar-refractivity contribution in [3.63, 3.8) is 0 Å². The molecular formula is C22H24F2N2O5. The lowest BCUT2D eigenvalue weighted by atomic mass is 10.0. The molecule has 1 fully saturated rings. The second-order valence-electron chi connectivity index (χ2n) is 7.78. The van der Waals surface area contributed by atoms with E-state index in [1.807, 2.05) is 24.3 Å². The molecule has 1 aromatic carbocycles. The van der Waals surface area contributed by atoms with Crippen LogP contribution in [0, 0.1) is 0 Å². The van der Waals surface area contributed by atoms with Crippen LogP contribution in [-0.2, 0) is 11.2 Å². The maximum atomic E-state index is 14.4. The van der Waals surface area contributed by atoms with E-state index in [4.69, 9.17) is 14.3 Å². The largest absolute Gasteiger partial charge is 0.437 e. The predicted octanol–water partition coefficient (Wildman–Crippen LogP) is 3.28. The number of fused-ring (bicyclic) bond motifs is 1. The number of aliphatic hydroxyl groups is 2. The lowest BCUT2D eigenvalue weighted by Crippen LogP contribution is -2.41. The van der Waals surface area contributed by atoms with Crippen molar-refractivity contribution in [1.29, 1.82) is 0 Å². The number of ether oxygens (including phenoxy) is 1. The van der Waals surface area contributed by atoms with Gasteiger partial charge < -0.3 is 19.4 Å². The Bertz CT molecular complexity index is 1110. The van der Waals surface area contributed by atoms with E-state index in [0.29, 0.717) is 15.7 Å². The third-order valence-corrected chi connectivity index (χ3v) is 5.56. The van der Waals surface area contributed by atoms with Gasteiger partial charge in [0.1, 0.15) is 11.9 Å². The molecule has 0 radical (unpaired) electrons. The van der Waals surface area contributed by atoms with Gasteiger partial charge in [0.2, 0.25) is 11.9 Å². The number of benzene rings is 1. The summed E-state index contributed by atoms with van der Waals surface area (Å²) in [6, 6.07) is 9.43. The molecule has 4 rings (SSSR count). The summed E-state index contributed by atoms with van der Waals surface area (Å²) in [6.07, 6.45) is -0.203. The average molecular weight is 434 g/mol. The summed E-state index contributed by atoms with van der Waals surface area (Å²) >= 11 is 0. The highest BCUT2D eigenvalue weighted by molar-refractivity contribution is 5.79. The van der Waals surface area contributed by atoms with Gasteiger partial charge in [0.05, 0.1) is 12.0 Å². The van der Waals surface area contributed by atoms with Gasteiger partial charge in [-0.3, -0.25) is 4.57 Å². The first-order valence-electron chi connectivity index (χ1n) is 10.3. The zero-order valence-corrected chi connectivity index (χ0v) is 17.0. The number of hydrogen-bond acceptors (Lipinski definition) is 6. The lowest BCUT2D eigenvalue weighted by Gasteiger charge is -2.20. The molecule has 3 aromatic rings. The molecule has 0 saturated carbocycles. The average Bonchev–Trinajstić information content (AvgIpc) is 3.26. The van der Waals surface area contributed by atoms with E-state index in [2.05, 4.69) is 11.9 Å². The van der Waals surface area contributed by atoms with Crippen molar-refractivity contribution in [1.82, 2.24) is 9.55 Å². The summed E-state index contributed by atoms with van der Waals surface area (Å²) < 4.78 is 40.2. The number of aliphatic hydroxyl groups excluding tert-OH is 2. The van der Waals surface area contributed by atoms with Crippen molar-refractivity contribution in [3.8, 4) is 11.3 Å². The van der Waals surface area contributed by atoms with Crippen molar-refractivity contribution in [3.05, 3.63) is 52.6 Å². The van der Waals surface area contributed by atoms with Gasteiger partial charge in [-0.1, -0.05) is 44.0 Å². The molecular weight excluding hydrogens is 410 g/mol. The fraction of sp³-hybridized carbons (Fsp3) is 0.455. The van der Waals surface area contributed by atoms with Gasteiger partial charge in [0.15, 0.2) is 6.10 Å². The quantitative estimate of drug-likeness (QED) is 0.554. The number of rotatable bonds is 7. The molecule has 0 aliphatic carbocycles. The Morgan fingerprint density at radius 1 is 1.23 bits per heavy atom. The zero-order valence-electron chi connectivity index (χ0n) is 17.0. The monoisotopic (exact) mass is 434 g/mol. The molecule has 3 atom stereocenters. The van der Waals surface area contributed by atoms with Crippen molar-refractivity contribution >= 4 is 11.1 Å². The first-order chi connectivity index (χ1) is 14.8. The molecule has 2 N–H and O–H groups in total. The van der Waals surface area contributed by atoms with Crippen LogP contribution in [0.5, 0.6) is 0 Å². The molecule has 9 heteroatoms. The van der Waals surface area contributed by atoms with E-state index < -0.39 is 36.7 Å². The molecule has 1 aliphatic heterocycles. The van der Waals surface area contributed by atoms with E-state index in [1.165, 1.54) is 18.2 Å². The smallest absolute Gasteiger partial charge is 0.353 e. The molecule has 0 unspecified atom stereocenters. The van der Waals surface area contributed by atoms with Crippen molar-refractivity contribution in [2.24, 2.45) is 0 Å². The minimum Gasteiger partial charge on any atom is -0.437 e. The summed E-state index contributed by atoms with van der Waals surface area (Å²) in [5, 5.41) is 19.2. The number of hydrogen-bond donors (Lipinski definition) is 2. The second kappa shape index (κ2) is 8.49. The Morgan fingerprint density at radius 2 is 1.97 bits per heavy atom. The number of furan rings is 1. The van der Waals surface area contributed by atoms with Gasteiger partial charge in [-0.2, -0.15) is 13.8 Å². The van der Waals surface area contributed by atoms with E-state index in [0.717, 1.165) is 24.8 Å². The van der Waals surface area contributed by atoms with E-state index in [-0.39, 0.29) is 5.71 Å². The fourth-order valence-electron chi connectivity index (χ4n) is 3.77. The van der Waals surface area contributed by atoms with Crippen molar-refractivity contribution in [2.45, 2.75) is 57.0 Å². The minimum atomic E-state index is -3.77. The minimum absolute atomic E-state index is 0.0174. The Labute approximate surface area is 176 Å². The van der Waals surface area contributed by atoms with Gasteiger partial charge in [0, 0.05) is 11.8 Å². The number of nitrogens with zero attached hydrogens (tertiary/aromatic N) is 2. The summed E-state index contributed by atoms with van der Waals surface area (Å²) in [7, 11) is 0. The molecule has 1 aliphatic rings. The van der Waals surface area contributed by atoms with Crippen LogP contribution in [0.1, 0.15) is 38.0 Å². The van der Waals surface area contributed by atoms with Crippen LogP contribution in [0.4, 0.5) is 8.78 Å². The molecule has 2 aromatic heterocycles. The van der Waals surface area contributed by atoms with Crippen LogP contribution < -0.4 is 5.69 Å². The normalized spacial score (nSPS) is 22.9. The van der Waals surface area contributed by atoms with Crippen LogP contribution in [0.3, 0.4) is 0 Å². The lowest BCUT2D eigenvalue weighted by molar-refractivity contribution is -0.140. The van der Waals surface area contributed by atoms with Gasteiger partial charge in [0.25, 0.3) is 0 Å². The van der Waals surface area contributed by atoms with Gasteiger partial charge in [-0.25, -0.2) is 4.79 Å². The highest BCUT2D eigenvalue weighted by atomic mass is 19.3. The first kappa shape index (κ1) is 21.6. The zero-order chi connectivity index (χ0) is 22.2. The Morgan fingerprint density at radius 3 is 2.61 bits per heavy atom. The topological polar surface area (TPSA) is 97.7 Å². The number of unbranched alkanes of at least 4 members (excludes halogenated alkanes) is 2. The van der Waals surface area contributed by atoms with Crippen molar-refractivity contribution in [2.75, 3.05) is 6.61 Å². The highest BCUT2D eigenvalue weighted by Crippen LogP contribution is 2.42. The molecule has 0 bridgehead atoms. The molecule has 0 spiro atoms. The van der Waals surface area contributed by atoms with Gasteiger partial charge in [-0.15, -0.1) is 0 Å². The summed E-state index contributed by atoms with van der Waals surface area (Å²) in [6.45, 7) is 1.35. The van der Waals surface area contributed by atoms with Crippen LogP contribution in [0.2, 0.25) is 0 Å². The molecule has 0 amide bonds. The number of aryl methyl sites for hydroxylation is 1. The number of aromatic nitrogens is 2. The van der Waals surface area contributed by atoms with Crippen LogP contribution in [0.15, 0.2) is 45.7 Å². The molecule has 1 saturated heterocycles. The third kappa shape index (κ3) is 4.00. The third-order valence-electron chi connectivity index (χ3n) is 5.56. The number of halogens is 2. The van der Waals surface area contributed by atoms with E-state index >= 15 is 0 Å². The summed E-state index contributed by atoms with van der Waals surface area (Å²) in [5.41, 5.74) is 0.997. The molecule has 7 nitrogen and oxygen atoms in total. The maximum Gasteiger partial charge on any atom is 0.353 e. The molecule has 3 heterocycles. The Hall–Kier alpha value is -2.62. The van der Waals surface area contributed by atoms with Crippen molar-refractivity contribution < 1.29 is 28.1 Å². The highest BCUT2D eigenvalue weighted by Gasteiger charge is 2.59. The van der Waals surface area contributed by atoms with E-state index in [9.17, 15) is 18.7 Å². The van der Waals surface area contributed by atoms with Crippen LogP contribution in [-0.4, -0.2) is 44.5 Å². The first-order valence-corrected chi connectivity index (χ1v) is 10.3. The van der Waals surface area contributed by atoms with Crippen LogP contribution in [0.25, 0.3) is 22.4 Å². The standard InChI is InChI=1S/C22H24F2N2O5/c1-2-3-4-5-13-6-8-14(9-7-13)16-10-15-11-26(21(29)25-19(15)30-16)20-22(23,24)18(28)17(12-27)31-20/h6-11,17-18,20,27-28H,2-5,12H2,1H3/t17-,18-,20-/m1/s1. The Kier molecular flexibility index (Phi) is 5.92. The Balaban J connectivity index is 1.63. The van der Waals surface area contributed by atoms with Gasteiger partial charge in [-0.05, 0) is 24.5 Å². The molecule has 166 valence electrons. The number of alkyl halides is 2. The predicted molar refractivity (Wildman–Crippen MR) is 109 cm³/mol. The van der Waals surface area contributed by atoms with Crippen LogP contribution >= 0.6 is 0 Å². The SMILES string of the molecule is CCCCCc1ccc(-c2cc3cn([C@@H]4O[C@H](CO)[C@@H](O)C4(F)F)c(=O)nc3o2)cc1. The summed E-state index contributed by atoms with van der Waals surface area (Å²) in [4.78, 5) is 16.1. The maximum absolute atomic E-state index is 14.4. The second-order valence-corrected chi connectivity index (χ2v) is 7.78. The van der Waals surface area contributed by atoms with Gasteiger partial charge >= 0.3 is 11.6 Å².